The Hall–Kier alpha value is -2.06. The highest BCUT2D eigenvalue weighted by molar-refractivity contribution is 9.10. The van der Waals surface area contributed by atoms with Gasteiger partial charge in [0, 0.05) is 22.8 Å². The molecule has 0 spiro atoms. The van der Waals surface area contributed by atoms with Crippen molar-refractivity contribution in [2.45, 2.75) is 4.90 Å². The monoisotopic (exact) mass is 398 g/mol. The van der Waals surface area contributed by atoms with Gasteiger partial charge < -0.3 is 10.1 Å². The Labute approximate surface area is 143 Å². The molecule has 0 saturated carbocycles. The van der Waals surface area contributed by atoms with Gasteiger partial charge in [-0.25, -0.2) is 8.42 Å². The fourth-order valence-electron chi connectivity index (χ4n) is 1.90. The van der Waals surface area contributed by atoms with Gasteiger partial charge in [-0.2, -0.15) is 0 Å². The third kappa shape index (κ3) is 4.02. The molecule has 2 aromatic rings. The summed E-state index contributed by atoms with van der Waals surface area (Å²) in [4.78, 5) is 11.6. The van der Waals surface area contributed by atoms with Crippen LogP contribution in [0.25, 0.3) is 0 Å². The van der Waals surface area contributed by atoms with Crippen LogP contribution in [0.5, 0.6) is 5.75 Å². The Kier molecular flexibility index (Phi) is 5.27. The fourth-order valence-corrected chi connectivity index (χ4v) is 3.42. The van der Waals surface area contributed by atoms with E-state index in [1.54, 1.807) is 24.3 Å². The zero-order valence-electron chi connectivity index (χ0n) is 12.5. The molecule has 0 radical (unpaired) electrons. The molecular weight excluding hydrogens is 384 g/mol. The summed E-state index contributed by atoms with van der Waals surface area (Å²) in [5, 5.41) is 2.45. The molecule has 0 bridgehead atoms. The van der Waals surface area contributed by atoms with Gasteiger partial charge in [-0.3, -0.25) is 9.52 Å². The average Bonchev–Trinajstić information content (AvgIpc) is 2.55. The quantitative estimate of drug-likeness (QED) is 0.810. The van der Waals surface area contributed by atoms with Crippen molar-refractivity contribution in [3.05, 3.63) is 52.5 Å². The lowest BCUT2D eigenvalue weighted by molar-refractivity contribution is 0.0963. The molecule has 0 aliphatic heterocycles. The van der Waals surface area contributed by atoms with Crippen LogP contribution in [0.4, 0.5) is 5.69 Å². The minimum atomic E-state index is -3.90. The standard InChI is InChI=1S/C15H15BrN2O4S/c1-17-15(19)10-3-8-13(22-2)14(9-10)23(20,21)18-12-6-4-11(16)5-7-12/h3-9,18H,1-2H3,(H,17,19). The molecule has 1 amide bonds. The number of hydrogen-bond acceptors (Lipinski definition) is 4. The first-order chi connectivity index (χ1) is 10.9. The van der Waals surface area contributed by atoms with E-state index < -0.39 is 10.0 Å². The van der Waals surface area contributed by atoms with Crippen molar-refractivity contribution >= 4 is 37.5 Å². The summed E-state index contributed by atoms with van der Waals surface area (Å²) in [6.45, 7) is 0. The number of rotatable bonds is 5. The van der Waals surface area contributed by atoms with E-state index in [0.717, 1.165) is 4.47 Å². The molecule has 0 unspecified atom stereocenters. The summed E-state index contributed by atoms with van der Waals surface area (Å²) in [7, 11) is -1.06. The van der Waals surface area contributed by atoms with E-state index in [1.807, 2.05) is 0 Å². The van der Waals surface area contributed by atoms with E-state index >= 15 is 0 Å². The Morgan fingerprint density at radius 1 is 1.13 bits per heavy atom. The molecule has 23 heavy (non-hydrogen) atoms. The zero-order valence-corrected chi connectivity index (χ0v) is 14.9. The predicted octanol–water partition coefficient (Wildman–Crippen LogP) is 2.62. The smallest absolute Gasteiger partial charge is 0.265 e. The van der Waals surface area contributed by atoms with Gasteiger partial charge in [0.2, 0.25) is 0 Å². The highest BCUT2D eigenvalue weighted by atomic mass is 79.9. The molecule has 122 valence electrons. The molecule has 0 atom stereocenters. The zero-order chi connectivity index (χ0) is 17.0. The molecule has 0 aliphatic rings. The van der Waals surface area contributed by atoms with Gasteiger partial charge in [0.25, 0.3) is 15.9 Å². The van der Waals surface area contributed by atoms with Crippen LogP contribution >= 0.6 is 15.9 Å². The van der Waals surface area contributed by atoms with Crippen LogP contribution in [0.3, 0.4) is 0 Å². The molecule has 2 aromatic carbocycles. The van der Waals surface area contributed by atoms with Crippen LogP contribution in [-0.4, -0.2) is 28.5 Å². The second-order valence-electron chi connectivity index (χ2n) is 4.56. The first kappa shape index (κ1) is 17.3. The minimum Gasteiger partial charge on any atom is -0.495 e. The number of halogens is 1. The third-order valence-electron chi connectivity index (χ3n) is 3.04. The lowest BCUT2D eigenvalue weighted by Gasteiger charge is -2.13. The Morgan fingerprint density at radius 2 is 1.78 bits per heavy atom. The highest BCUT2D eigenvalue weighted by Crippen LogP contribution is 2.27. The van der Waals surface area contributed by atoms with Crippen LogP contribution in [0.1, 0.15) is 10.4 Å². The van der Waals surface area contributed by atoms with Gasteiger partial charge in [0.1, 0.15) is 10.6 Å². The van der Waals surface area contributed by atoms with Crippen LogP contribution in [-0.2, 0) is 10.0 Å². The topological polar surface area (TPSA) is 84.5 Å². The van der Waals surface area contributed by atoms with Gasteiger partial charge in [-0.05, 0) is 42.5 Å². The van der Waals surface area contributed by atoms with Crippen molar-refractivity contribution in [2.24, 2.45) is 0 Å². The number of sulfonamides is 1. The van der Waals surface area contributed by atoms with E-state index in [4.69, 9.17) is 4.74 Å². The van der Waals surface area contributed by atoms with E-state index in [2.05, 4.69) is 26.0 Å². The maximum absolute atomic E-state index is 12.6. The molecule has 0 saturated heterocycles. The van der Waals surface area contributed by atoms with Crippen LogP contribution < -0.4 is 14.8 Å². The molecular formula is C15H15BrN2O4S. The summed E-state index contributed by atoms with van der Waals surface area (Å²) in [5.74, 6) is -0.227. The molecule has 0 heterocycles. The number of ether oxygens (including phenoxy) is 1. The summed E-state index contributed by atoms with van der Waals surface area (Å²) in [6, 6.07) is 10.9. The first-order valence-electron chi connectivity index (χ1n) is 6.56. The van der Waals surface area contributed by atoms with Gasteiger partial charge in [0.15, 0.2) is 0 Å². The second kappa shape index (κ2) is 7.01. The molecule has 8 heteroatoms. The van der Waals surface area contributed by atoms with Gasteiger partial charge in [-0.1, -0.05) is 15.9 Å². The molecule has 6 nitrogen and oxygen atoms in total. The van der Waals surface area contributed by atoms with Gasteiger partial charge >= 0.3 is 0 Å². The number of methoxy groups -OCH3 is 1. The number of carbonyl (C=O) groups is 1. The minimum absolute atomic E-state index is 0.107. The third-order valence-corrected chi connectivity index (χ3v) is 4.97. The van der Waals surface area contributed by atoms with E-state index in [1.165, 1.54) is 32.4 Å². The number of nitrogens with one attached hydrogen (secondary N) is 2. The van der Waals surface area contributed by atoms with E-state index in [9.17, 15) is 13.2 Å². The average molecular weight is 399 g/mol. The fraction of sp³-hybridized carbons (Fsp3) is 0.133. The van der Waals surface area contributed by atoms with Crippen LogP contribution in [0.15, 0.2) is 51.8 Å². The Morgan fingerprint density at radius 3 is 2.35 bits per heavy atom. The second-order valence-corrected chi connectivity index (χ2v) is 7.12. The molecule has 0 fully saturated rings. The van der Waals surface area contributed by atoms with Crippen LogP contribution in [0, 0.1) is 0 Å². The summed E-state index contributed by atoms with van der Waals surface area (Å²) in [6.07, 6.45) is 0. The predicted molar refractivity (Wildman–Crippen MR) is 91.3 cm³/mol. The maximum Gasteiger partial charge on any atom is 0.265 e. The lowest BCUT2D eigenvalue weighted by atomic mass is 10.2. The SMILES string of the molecule is CNC(=O)c1ccc(OC)c(S(=O)(=O)Nc2ccc(Br)cc2)c1. The summed E-state index contributed by atoms with van der Waals surface area (Å²) in [5.41, 5.74) is 0.630. The van der Waals surface area contributed by atoms with Crippen LogP contribution in [0.2, 0.25) is 0 Å². The largest absolute Gasteiger partial charge is 0.495 e. The number of benzene rings is 2. The normalized spacial score (nSPS) is 10.9. The highest BCUT2D eigenvalue weighted by Gasteiger charge is 2.21. The van der Waals surface area contributed by atoms with Crippen molar-refractivity contribution in [3.63, 3.8) is 0 Å². The Bertz CT molecular complexity index is 820. The van der Waals surface area contributed by atoms with E-state index in [-0.39, 0.29) is 22.1 Å². The summed E-state index contributed by atoms with van der Waals surface area (Å²) >= 11 is 3.28. The Balaban J connectivity index is 2.44. The van der Waals surface area contributed by atoms with Crippen molar-refractivity contribution in [2.75, 3.05) is 18.9 Å². The summed E-state index contributed by atoms with van der Waals surface area (Å²) < 4.78 is 33.6. The van der Waals surface area contributed by atoms with Crippen molar-refractivity contribution < 1.29 is 17.9 Å². The van der Waals surface area contributed by atoms with Crippen molar-refractivity contribution in [3.8, 4) is 5.75 Å². The molecule has 2 N–H and O–H groups in total. The number of carbonyl (C=O) groups excluding carboxylic acids is 1. The lowest BCUT2D eigenvalue weighted by Crippen LogP contribution is -2.19. The van der Waals surface area contributed by atoms with Crippen molar-refractivity contribution in [1.82, 2.24) is 5.32 Å². The molecule has 0 aromatic heterocycles. The van der Waals surface area contributed by atoms with E-state index in [0.29, 0.717) is 5.69 Å². The van der Waals surface area contributed by atoms with Crippen molar-refractivity contribution in [1.29, 1.82) is 0 Å². The molecule has 2 rings (SSSR count). The number of hydrogen-bond donors (Lipinski definition) is 2. The first-order valence-corrected chi connectivity index (χ1v) is 8.83. The van der Waals surface area contributed by atoms with Gasteiger partial charge in [0.05, 0.1) is 7.11 Å². The molecule has 0 aliphatic carbocycles. The number of amides is 1. The maximum atomic E-state index is 12.6. The number of anilines is 1. The van der Waals surface area contributed by atoms with Gasteiger partial charge in [-0.15, -0.1) is 0 Å².